The van der Waals surface area contributed by atoms with Gasteiger partial charge in [-0.05, 0) is 87.4 Å². The van der Waals surface area contributed by atoms with Crippen molar-refractivity contribution in [3.8, 4) is 0 Å². The molecule has 0 aromatic carbocycles. The highest BCUT2D eigenvalue weighted by Gasteiger charge is 2.78. The molecule has 0 aromatic rings. The summed E-state index contributed by atoms with van der Waals surface area (Å²) in [6.45, 7) is 14.6. The highest BCUT2D eigenvalue weighted by molar-refractivity contribution is 5.34. The van der Waals surface area contributed by atoms with Crippen LogP contribution in [0.15, 0.2) is 24.3 Å². The number of aliphatic hydroxyl groups excluding tert-OH is 5. The zero-order chi connectivity index (χ0) is 33.0. The molecule has 0 amide bonds. The standard InChI is InChI=1S/C36H58O9/c1-20(9-8-14-31(2,3)42)21-12-15-34(7)23-13-16-36-24(35(23,30(41)45-36)18-17-33(21,34)6)10-11-25(32(36,4)5)44-29-28(40)27(39)26(38)22(19-37)43-29/h8,13-14,16,20-30,37-42H,9-12,15,17-19H2,1-7H3/b14-8+/t20-,21-,22-,23+,24+,25+,26-,27-,28-,29+,30-,33-,34+,35+,36-/m1/s1. The van der Waals surface area contributed by atoms with Crippen LogP contribution in [0.1, 0.15) is 93.4 Å². The Hall–Kier alpha value is -0.880. The SMILES string of the molecule is C[C@H](C/C=C/C(C)(C)O)[C@H]1CC[C@@]2(C)[C@@H]3C=C[C@@]45O[C@@H](O)[C@]3(CC[C@]12C)[C@@H]4CC[C@H](O[C@@H]1O[C@H](CO)[C@@H](O)[C@@H](O)[C@H]1O)C5(C)C. The fourth-order valence-electron chi connectivity index (χ4n) is 11.5. The summed E-state index contributed by atoms with van der Waals surface area (Å²) in [5.41, 5.74) is -2.52. The highest BCUT2D eigenvalue weighted by atomic mass is 16.7. The van der Waals surface area contributed by atoms with E-state index >= 15 is 0 Å². The van der Waals surface area contributed by atoms with Crippen molar-refractivity contribution in [1.29, 1.82) is 0 Å². The van der Waals surface area contributed by atoms with Crippen LogP contribution in [0.5, 0.6) is 0 Å². The van der Waals surface area contributed by atoms with Gasteiger partial charge in [0.25, 0.3) is 0 Å². The van der Waals surface area contributed by atoms with Crippen LogP contribution in [-0.2, 0) is 14.2 Å². The molecule has 2 heterocycles. The van der Waals surface area contributed by atoms with Gasteiger partial charge in [-0.2, -0.15) is 0 Å². The number of allylic oxidation sites excluding steroid dienone is 2. The fourth-order valence-corrected chi connectivity index (χ4v) is 11.5. The Morgan fingerprint density at radius 1 is 0.956 bits per heavy atom. The molecule has 6 aliphatic rings. The molecule has 0 radical (unpaired) electrons. The molecule has 9 heteroatoms. The summed E-state index contributed by atoms with van der Waals surface area (Å²) in [7, 11) is 0. The van der Waals surface area contributed by atoms with Gasteiger partial charge in [0.05, 0.1) is 18.3 Å². The third-order valence-corrected chi connectivity index (χ3v) is 14.3. The van der Waals surface area contributed by atoms with E-state index < -0.39 is 71.7 Å². The molecule has 5 fully saturated rings. The molecular weight excluding hydrogens is 576 g/mol. The Bertz CT molecular complexity index is 1180. The summed E-state index contributed by atoms with van der Waals surface area (Å²) in [6, 6.07) is 0. The van der Waals surface area contributed by atoms with Crippen LogP contribution in [0, 0.1) is 45.3 Å². The zero-order valence-corrected chi connectivity index (χ0v) is 28.2. The van der Waals surface area contributed by atoms with Gasteiger partial charge in [0, 0.05) is 16.7 Å². The molecule has 3 saturated carbocycles. The number of fused-ring (bicyclic) bond motifs is 2. The number of hydrogen-bond donors (Lipinski definition) is 6. The molecule has 2 saturated heterocycles. The van der Waals surface area contributed by atoms with E-state index in [4.69, 9.17) is 14.2 Å². The van der Waals surface area contributed by atoms with Gasteiger partial charge < -0.3 is 44.8 Å². The minimum absolute atomic E-state index is 0.00466. The van der Waals surface area contributed by atoms with Crippen molar-refractivity contribution in [3.63, 3.8) is 0 Å². The van der Waals surface area contributed by atoms with Crippen molar-refractivity contribution >= 4 is 0 Å². The first kappa shape index (κ1) is 34.0. The first-order valence-corrected chi connectivity index (χ1v) is 17.3. The van der Waals surface area contributed by atoms with Crippen LogP contribution in [0.25, 0.3) is 0 Å². The number of aliphatic hydroxyl groups is 6. The van der Waals surface area contributed by atoms with Crippen molar-refractivity contribution in [2.45, 2.75) is 148 Å². The topological polar surface area (TPSA) is 149 Å². The summed E-state index contributed by atoms with van der Waals surface area (Å²) in [4.78, 5) is 0. The smallest absolute Gasteiger partial charge is 0.186 e. The number of rotatable bonds is 7. The second-order valence-electron chi connectivity index (χ2n) is 17.1. The summed E-state index contributed by atoms with van der Waals surface area (Å²) in [6.07, 6.45) is 7.14. The Labute approximate surface area is 268 Å². The average Bonchev–Trinajstić information content (AvgIpc) is 3.32. The van der Waals surface area contributed by atoms with Crippen LogP contribution in [0.3, 0.4) is 0 Å². The Morgan fingerprint density at radius 2 is 1.67 bits per heavy atom. The summed E-state index contributed by atoms with van der Waals surface area (Å²) in [5.74, 6) is 1.29. The first-order valence-electron chi connectivity index (χ1n) is 17.3. The van der Waals surface area contributed by atoms with E-state index in [-0.39, 0.29) is 22.7 Å². The Kier molecular flexibility index (Phi) is 8.37. The van der Waals surface area contributed by atoms with Gasteiger partial charge in [-0.1, -0.05) is 58.9 Å². The van der Waals surface area contributed by atoms with Crippen LogP contribution < -0.4 is 0 Å². The minimum atomic E-state index is -1.51. The van der Waals surface area contributed by atoms with Gasteiger partial charge in [-0.15, -0.1) is 0 Å². The minimum Gasteiger partial charge on any atom is -0.394 e. The van der Waals surface area contributed by atoms with E-state index in [1.807, 2.05) is 19.9 Å². The lowest BCUT2D eigenvalue weighted by Gasteiger charge is -2.65. The zero-order valence-electron chi connectivity index (χ0n) is 28.2. The average molecular weight is 635 g/mol. The van der Waals surface area contributed by atoms with Gasteiger partial charge in [-0.25, -0.2) is 0 Å². The number of ether oxygens (including phenoxy) is 3. The predicted molar refractivity (Wildman–Crippen MR) is 167 cm³/mol. The second-order valence-corrected chi connectivity index (χ2v) is 17.1. The summed E-state index contributed by atoms with van der Waals surface area (Å²) >= 11 is 0. The molecule has 15 atom stereocenters. The molecule has 6 N–H and O–H groups in total. The van der Waals surface area contributed by atoms with E-state index in [0.29, 0.717) is 18.3 Å². The normalized spacial score (nSPS) is 52.8. The maximum Gasteiger partial charge on any atom is 0.186 e. The van der Waals surface area contributed by atoms with Gasteiger partial charge in [0.1, 0.15) is 30.0 Å². The van der Waals surface area contributed by atoms with Gasteiger partial charge in [0.2, 0.25) is 0 Å². The fraction of sp³-hybridized carbons (Fsp3) is 0.889. The molecule has 256 valence electrons. The summed E-state index contributed by atoms with van der Waals surface area (Å²) < 4.78 is 18.9. The third-order valence-electron chi connectivity index (χ3n) is 14.3. The van der Waals surface area contributed by atoms with E-state index in [1.165, 1.54) is 0 Å². The molecule has 2 bridgehead atoms. The lowest BCUT2D eigenvalue weighted by Crippen LogP contribution is -2.66. The Morgan fingerprint density at radius 3 is 2.33 bits per heavy atom. The largest absolute Gasteiger partial charge is 0.394 e. The van der Waals surface area contributed by atoms with E-state index in [1.54, 1.807) is 0 Å². The number of hydrogen-bond acceptors (Lipinski definition) is 9. The quantitative estimate of drug-likeness (QED) is 0.232. The monoisotopic (exact) mass is 634 g/mol. The Balaban J connectivity index is 1.28. The van der Waals surface area contributed by atoms with Gasteiger partial charge in [-0.3, -0.25) is 0 Å². The van der Waals surface area contributed by atoms with Crippen molar-refractivity contribution in [1.82, 2.24) is 0 Å². The maximum absolute atomic E-state index is 12.0. The van der Waals surface area contributed by atoms with Gasteiger partial charge >= 0.3 is 0 Å². The molecule has 0 aromatic heterocycles. The molecule has 4 aliphatic carbocycles. The molecule has 2 aliphatic heterocycles. The van der Waals surface area contributed by atoms with Crippen LogP contribution >= 0.6 is 0 Å². The van der Waals surface area contributed by atoms with E-state index in [0.717, 1.165) is 38.5 Å². The van der Waals surface area contributed by atoms with Crippen LogP contribution in [0.4, 0.5) is 0 Å². The van der Waals surface area contributed by atoms with Crippen LogP contribution in [-0.4, -0.2) is 91.5 Å². The lowest BCUT2D eigenvalue weighted by atomic mass is 9.38. The molecule has 6 rings (SSSR count). The highest BCUT2D eigenvalue weighted by Crippen LogP contribution is 2.78. The molecule has 45 heavy (non-hydrogen) atoms. The van der Waals surface area contributed by atoms with E-state index in [9.17, 15) is 30.6 Å². The molecule has 9 nitrogen and oxygen atoms in total. The van der Waals surface area contributed by atoms with Crippen molar-refractivity contribution in [3.05, 3.63) is 24.3 Å². The maximum atomic E-state index is 12.0. The molecule has 0 unspecified atom stereocenters. The van der Waals surface area contributed by atoms with E-state index in [2.05, 4.69) is 52.8 Å². The molecular formula is C36H58O9. The molecule has 1 spiro atoms. The predicted octanol–water partition coefficient (Wildman–Crippen LogP) is 3.44. The van der Waals surface area contributed by atoms with Crippen LogP contribution in [0.2, 0.25) is 0 Å². The van der Waals surface area contributed by atoms with Crippen molar-refractivity contribution in [2.75, 3.05) is 6.61 Å². The summed E-state index contributed by atoms with van der Waals surface area (Å²) in [5, 5.41) is 63.2. The van der Waals surface area contributed by atoms with Crippen molar-refractivity contribution < 1.29 is 44.8 Å². The lowest BCUT2D eigenvalue weighted by molar-refractivity contribution is -0.330. The van der Waals surface area contributed by atoms with Crippen molar-refractivity contribution in [2.24, 2.45) is 45.3 Å². The second kappa shape index (κ2) is 11.1. The third kappa shape index (κ3) is 4.66. The first-order chi connectivity index (χ1) is 20.9. The van der Waals surface area contributed by atoms with Gasteiger partial charge in [0.15, 0.2) is 12.6 Å².